The Hall–Kier alpha value is -2.88. The van der Waals surface area contributed by atoms with E-state index in [0.717, 1.165) is 57.4 Å². The van der Waals surface area contributed by atoms with Gasteiger partial charge in [0.25, 0.3) is 5.91 Å². The van der Waals surface area contributed by atoms with Gasteiger partial charge >= 0.3 is 12.1 Å². The standard InChI is InChI=1S/C27H35F3N4O3/c1-33(19-9-3-2-4-10-19)17-18(15-25(35)36)31-26(37)23-16-24(34(32-23)20-11-5-6-12-20)21-13-7-8-14-22(21)27(28,29)30/h7-8,13-14,16,18-20H,2-6,9-12,15,17H2,1H3,(H,31,37)(H,35,36). The number of rotatable bonds is 9. The minimum absolute atomic E-state index is 0.00501. The van der Waals surface area contributed by atoms with Crippen LogP contribution in [0, 0.1) is 0 Å². The Kier molecular flexibility index (Phi) is 8.56. The molecule has 2 saturated carbocycles. The second-order valence-electron chi connectivity index (χ2n) is 10.3. The summed E-state index contributed by atoms with van der Waals surface area (Å²) in [7, 11) is 1.94. The predicted molar refractivity (Wildman–Crippen MR) is 133 cm³/mol. The maximum absolute atomic E-state index is 13.8. The molecule has 4 rings (SSSR count). The molecule has 0 radical (unpaired) electrons. The van der Waals surface area contributed by atoms with Gasteiger partial charge in [0, 0.05) is 18.2 Å². The van der Waals surface area contributed by atoms with Crippen LogP contribution in [0.5, 0.6) is 0 Å². The number of nitrogens with zero attached hydrogens (tertiary/aromatic N) is 3. The van der Waals surface area contributed by atoms with Crippen molar-refractivity contribution in [3.8, 4) is 11.3 Å². The van der Waals surface area contributed by atoms with Gasteiger partial charge in [0.05, 0.1) is 29.8 Å². The van der Waals surface area contributed by atoms with E-state index in [9.17, 15) is 27.9 Å². The van der Waals surface area contributed by atoms with Gasteiger partial charge < -0.3 is 15.3 Å². The van der Waals surface area contributed by atoms with E-state index in [1.807, 2.05) is 7.05 Å². The summed E-state index contributed by atoms with van der Waals surface area (Å²) in [5, 5.41) is 16.7. The average molecular weight is 521 g/mol. The van der Waals surface area contributed by atoms with Gasteiger partial charge in [0.2, 0.25) is 0 Å². The molecule has 0 bridgehead atoms. The van der Waals surface area contributed by atoms with Crippen LogP contribution in [0.4, 0.5) is 13.2 Å². The molecule has 2 aliphatic rings. The van der Waals surface area contributed by atoms with Crippen molar-refractivity contribution in [2.45, 2.75) is 88.5 Å². The largest absolute Gasteiger partial charge is 0.481 e. The predicted octanol–water partition coefficient (Wildman–Crippen LogP) is 5.52. The number of aliphatic carboxylic acids is 1. The molecule has 1 atom stereocenters. The highest BCUT2D eigenvalue weighted by atomic mass is 19.4. The van der Waals surface area contributed by atoms with Gasteiger partial charge in [0.1, 0.15) is 0 Å². The molecule has 37 heavy (non-hydrogen) atoms. The molecule has 2 fully saturated rings. The van der Waals surface area contributed by atoms with Crippen LogP contribution in [0.2, 0.25) is 0 Å². The number of likely N-dealkylation sites (N-methyl/N-ethyl adjacent to an activating group) is 1. The smallest absolute Gasteiger partial charge is 0.417 e. The van der Waals surface area contributed by atoms with Gasteiger partial charge in [-0.1, -0.05) is 50.3 Å². The van der Waals surface area contributed by atoms with E-state index in [0.29, 0.717) is 12.6 Å². The average Bonchev–Trinajstić information content (AvgIpc) is 3.54. The molecule has 1 unspecified atom stereocenters. The number of carboxylic acid groups (broad SMARTS) is 1. The van der Waals surface area contributed by atoms with E-state index < -0.39 is 29.7 Å². The summed E-state index contributed by atoms with van der Waals surface area (Å²) in [4.78, 5) is 26.9. The highest BCUT2D eigenvalue weighted by Gasteiger charge is 2.35. The number of benzene rings is 1. The Morgan fingerprint density at radius 1 is 1.11 bits per heavy atom. The zero-order chi connectivity index (χ0) is 26.6. The number of amides is 1. The van der Waals surface area contributed by atoms with E-state index >= 15 is 0 Å². The van der Waals surface area contributed by atoms with Crippen molar-refractivity contribution < 1.29 is 27.9 Å². The van der Waals surface area contributed by atoms with Crippen molar-refractivity contribution in [1.29, 1.82) is 0 Å². The Labute approximate surface area is 215 Å². The molecule has 1 heterocycles. The second kappa shape index (κ2) is 11.7. The number of halogens is 3. The molecule has 202 valence electrons. The lowest BCUT2D eigenvalue weighted by Crippen LogP contribution is -2.47. The minimum Gasteiger partial charge on any atom is -0.481 e. The third-order valence-corrected chi connectivity index (χ3v) is 7.61. The van der Waals surface area contributed by atoms with Crippen LogP contribution < -0.4 is 5.32 Å². The third-order valence-electron chi connectivity index (χ3n) is 7.61. The number of nitrogens with one attached hydrogen (secondary N) is 1. The quantitative estimate of drug-likeness (QED) is 0.455. The van der Waals surface area contributed by atoms with Crippen LogP contribution in [0.1, 0.15) is 86.3 Å². The zero-order valence-corrected chi connectivity index (χ0v) is 21.1. The van der Waals surface area contributed by atoms with Crippen molar-refractivity contribution in [2.24, 2.45) is 0 Å². The molecular weight excluding hydrogens is 485 g/mol. The Bertz CT molecular complexity index is 1090. The molecule has 10 heteroatoms. The Balaban J connectivity index is 1.60. The van der Waals surface area contributed by atoms with Gasteiger partial charge in [0.15, 0.2) is 5.69 Å². The van der Waals surface area contributed by atoms with Crippen LogP contribution in [0.25, 0.3) is 11.3 Å². The number of hydrogen-bond acceptors (Lipinski definition) is 4. The molecule has 1 aromatic carbocycles. The summed E-state index contributed by atoms with van der Waals surface area (Å²) >= 11 is 0. The lowest BCUT2D eigenvalue weighted by molar-refractivity contribution is -0.138. The van der Waals surface area contributed by atoms with Crippen LogP contribution in [0.3, 0.4) is 0 Å². The number of carbonyl (C=O) groups excluding carboxylic acids is 1. The maximum Gasteiger partial charge on any atom is 0.417 e. The highest BCUT2D eigenvalue weighted by Crippen LogP contribution is 2.40. The fourth-order valence-corrected chi connectivity index (χ4v) is 5.74. The topological polar surface area (TPSA) is 87.5 Å². The first kappa shape index (κ1) is 27.2. The second-order valence-corrected chi connectivity index (χ2v) is 10.3. The van der Waals surface area contributed by atoms with Crippen molar-refractivity contribution in [3.63, 3.8) is 0 Å². The van der Waals surface area contributed by atoms with Crippen LogP contribution in [-0.2, 0) is 11.0 Å². The summed E-state index contributed by atoms with van der Waals surface area (Å²) in [5.74, 6) is -1.61. The SMILES string of the molecule is CN(CC(CC(=O)O)NC(=O)c1cc(-c2ccccc2C(F)(F)F)n(C2CCCC2)n1)C1CCCCC1. The summed E-state index contributed by atoms with van der Waals surface area (Å²) in [6.45, 7) is 0.371. The molecule has 0 aliphatic heterocycles. The van der Waals surface area contributed by atoms with Crippen LogP contribution >= 0.6 is 0 Å². The lowest BCUT2D eigenvalue weighted by atomic mass is 9.94. The summed E-state index contributed by atoms with van der Waals surface area (Å²) in [6, 6.07) is 6.32. The van der Waals surface area contributed by atoms with Gasteiger partial charge in [-0.3, -0.25) is 14.3 Å². The highest BCUT2D eigenvalue weighted by molar-refractivity contribution is 5.94. The van der Waals surface area contributed by atoms with Gasteiger partial charge in [-0.15, -0.1) is 0 Å². The first-order valence-electron chi connectivity index (χ1n) is 13.1. The zero-order valence-electron chi connectivity index (χ0n) is 21.1. The van der Waals surface area contributed by atoms with Crippen molar-refractivity contribution >= 4 is 11.9 Å². The molecule has 1 aromatic heterocycles. The summed E-state index contributed by atoms with van der Waals surface area (Å²) < 4.78 is 43.0. The fourth-order valence-electron chi connectivity index (χ4n) is 5.74. The van der Waals surface area contributed by atoms with Crippen molar-refractivity contribution in [1.82, 2.24) is 20.0 Å². The molecule has 0 spiro atoms. The number of carbonyl (C=O) groups is 2. The molecule has 0 saturated heterocycles. The van der Waals surface area contributed by atoms with Crippen LogP contribution in [0.15, 0.2) is 30.3 Å². The Morgan fingerprint density at radius 2 is 1.76 bits per heavy atom. The number of carboxylic acids is 1. The number of aromatic nitrogens is 2. The molecule has 1 amide bonds. The van der Waals surface area contributed by atoms with Crippen molar-refractivity contribution in [2.75, 3.05) is 13.6 Å². The molecule has 2 N–H and O–H groups in total. The van der Waals surface area contributed by atoms with Gasteiger partial charge in [-0.2, -0.15) is 18.3 Å². The van der Waals surface area contributed by atoms with E-state index in [-0.39, 0.29) is 29.4 Å². The fraction of sp³-hybridized carbons (Fsp3) is 0.593. The lowest BCUT2D eigenvalue weighted by Gasteiger charge is -2.33. The first-order valence-corrected chi connectivity index (χ1v) is 13.1. The normalized spacial score (nSPS) is 18.3. The Morgan fingerprint density at radius 3 is 2.41 bits per heavy atom. The maximum atomic E-state index is 13.8. The van der Waals surface area contributed by atoms with E-state index in [1.165, 1.54) is 24.6 Å². The molecule has 7 nitrogen and oxygen atoms in total. The monoisotopic (exact) mass is 520 g/mol. The number of alkyl halides is 3. The number of hydrogen-bond donors (Lipinski definition) is 2. The van der Waals surface area contributed by atoms with Crippen molar-refractivity contribution in [3.05, 3.63) is 41.6 Å². The van der Waals surface area contributed by atoms with E-state index in [4.69, 9.17) is 0 Å². The van der Waals surface area contributed by atoms with Gasteiger partial charge in [-0.25, -0.2) is 0 Å². The van der Waals surface area contributed by atoms with Crippen LogP contribution in [-0.4, -0.2) is 57.3 Å². The van der Waals surface area contributed by atoms with Gasteiger partial charge in [-0.05, 0) is 44.9 Å². The minimum atomic E-state index is -4.56. The summed E-state index contributed by atoms with van der Waals surface area (Å²) in [6.07, 6.45) is 4.17. The first-order chi connectivity index (χ1) is 17.6. The van der Waals surface area contributed by atoms with E-state index in [2.05, 4.69) is 15.3 Å². The molecule has 2 aromatic rings. The molecule has 2 aliphatic carbocycles. The van der Waals surface area contributed by atoms with E-state index in [1.54, 1.807) is 10.7 Å². The summed E-state index contributed by atoms with van der Waals surface area (Å²) in [5.41, 5.74) is -0.555. The molecular formula is C27H35F3N4O3. The third kappa shape index (κ3) is 6.71.